The molecule has 15 heavy (non-hydrogen) atoms. The summed E-state index contributed by atoms with van der Waals surface area (Å²) in [5, 5.41) is 16.6. The molecule has 0 aromatic carbocycles. The average molecular weight is 211 g/mol. The van der Waals surface area contributed by atoms with Crippen LogP contribution in [0.4, 0.5) is 0 Å². The van der Waals surface area contributed by atoms with Crippen LogP contribution in [0.15, 0.2) is 4.52 Å². The van der Waals surface area contributed by atoms with Gasteiger partial charge in [-0.2, -0.15) is 4.98 Å². The zero-order valence-electron chi connectivity index (χ0n) is 8.94. The number of hydrogen-bond donors (Lipinski definition) is 2. The second-order valence-corrected chi connectivity index (χ2v) is 4.12. The molecule has 1 saturated carbocycles. The van der Waals surface area contributed by atoms with Gasteiger partial charge in [-0.25, -0.2) is 0 Å². The highest BCUT2D eigenvalue weighted by Gasteiger charge is 2.24. The fraction of sp³-hybridized carbons (Fsp3) is 0.800. The molecule has 0 saturated heterocycles. The Labute approximate surface area is 88.9 Å². The molecule has 0 radical (unpaired) electrons. The van der Waals surface area contributed by atoms with E-state index in [-0.39, 0.29) is 6.10 Å². The molecule has 5 nitrogen and oxygen atoms in total. The fourth-order valence-corrected chi connectivity index (χ4v) is 2.04. The molecule has 5 heteroatoms. The Morgan fingerprint density at radius 2 is 2.40 bits per heavy atom. The first-order valence-electron chi connectivity index (χ1n) is 5.43. The summed E-state index contributed by atoms with van der Waals surface area (Å²) in [5.41, 5.74) is 0. The van der Waals surface area contributed by atoms with Gasteiger partial charge < -0.3 is 14.9 Å². The van der Waals surface area contributed by atoms with Crippen LogP contribution in [0.1, 0.15) is 31.0 Å². The summed E-state index contributed by atoms with van der Waals surface area (Å²) < 4.78 is 4.86. The predicted molar refractivity (Wildman–Crippen MR) is 54.1 cm³/mol. The molecule has 2 N–H and O–H groups in total. The van der Waals surface area contributed by atoms with Crippen LogP contribution in [-0.2, 0) is 6.54 Å². The highest BCUT2D eigenvalue weighted by atomic mass is 16.5. The Morgan fingerprint density at radius 1 is 1.53 bits per heavy atom. The van der Waals surface area contributed by atoms with Crippen molar-refractivity contribution in [2.45, 2.75) is 38.8 Å². The Kier molecular flexibility index (Phi) is 3.33. The lowest BCUT2D eigenvalue weighted by atomic mass is 10.1. The predicted octanol–water partition coefficient (Wildman–Crippen LogP) is 0.629. The van der Waals surface area contributed by atoms with Gasteiger partial charge in [0.15, 0.2) is 5.82 Å². The Morgan fingerprint density at radius 3 is 3.00 bits per heavy atom. The zero-order valence-corrected chi connectivity index (χ0v) is 8.94. The molecule has 0 bridgehead atoms. The van der Waals surface area contributed by atoms with E-state index < -0.39 is 0 Å². The van der Waals surface area contributed by atoms with Crippen LogP contribution in [0.5, 0.6) is 0 Å². The number of nitrogens with zero attached hydrogens (tertiary/aromatic N) is 2. The van der Waals surface area contributed by atoms with E-state index in [0.717, 1.165) is 25.8 Å². The highest BCUT2D eigenvalue weighted by molar-refractivity contribution is 4.84. The molecule has 2 unspecified atom stereocenters. The maximum atomic E-state index is 9.60. The van der Waals surface area contributed by atoms with Crippen molar-refractivity contribution in [3.8, 4) is 0 Å². The standard InChI is InChI=1S/C10H17N3O2/c1-7-12-10(13-15-7)6-11-5-8-3-2-4-9(8)14/h8-9,11,14H,2-6H2,1H3. The van der Waals surface area contributed by atoms with E-state index in [9.17, 15) is 5.11 Å². The second-order valence-electron chi connectivity index (χ2n) is 4.12. The van der Waals surface area contributed by atoms with Crippen molar-refractivity contribution in [1.82, 2.24) is 15.5 Å². The Bertz CT molecular complexity index is 313. The molecule has 0 spiro atoms. The number of aliphatic hydroxyl groups excluding tert-OH is 1. The van der Waals surface area contributed by atoms with Crippen molar-refractivity contribution in [3.63, 3.8) is 0 Å². The first-order chi connectivity index (χ1) is 7.25. The van der Waals surface area contributed by atoms with Crippen LogP contribution in [0, 0.1) is 12.8 Å². The third kappa shape index (κ3) is 2.76. The zero-order chi connectivity index (χ0) is 10.7. The van der Waals surface area contributed by atoms with Gasteiger partial charge >= 0.3 is 0 Å². The number of rotatable bonds is 4. The number of hydrogen-bond acceptors (Lipinski definition) is 5. The van der Waals surface area contributed by atoms with Gasteiger partial charge in [0.25, 0.3) is 0 Å². The Hall–Kier alpha value is -0.940. The largest absolute Gasteiger partial charge is 0.393 e. The number of aryl methyl sites for hydroxylation is 1. The van der Waals surface area contributed by atoms with Gasteiger partial charge in [-0.15, -0.1) is 0 Å². The van der Waals surface area contributed by atoms with E-state index >= 15 is 0 Å². The molecular formula is C10H17N3O2. The summed E-state index contributed by atoms with van der Waals surface area (Å²) in [6, 6.07) is 0. The van der Waals surface area contributed by atoms with Gasteiger partial charge in [0.2, 0.25) is 5.89 Å². The monoisotopic (exact) mass is 211 g/mol. The molecule has 1 aromatic rings. The third-order valence-electron chi connectivity index (χ3n) is 2.88. The molecule has 1 aliphatic rings. The van der Waals surface area contributed by atoms with Gasteiger partial charge in [0, 0.05) is 13.5 Å². The van der Waals surface area contributed by atoms with E-state index in [2.05, 4.69) is 15.5 Å². The minimum absolute atomic E-state index is 0.135. The quantitative estimate of drug-likeness (QED) is 0.764. The molecule has 1 aromatic heterocycles. The average Bonchev–Trinajstić information content (AvgIpc) is 2.77. The third-order valence-corrected chi connectivity index (χ3v) is 2.88. The smallest absolute Gasteiger partial charge is 0.223 e. The minimum atomic E-state index is -0.135. The lowest BCUT2D eigenvalue weighted by Gasteiger charge is -2.13. The summed E-state index contributed by atoms with van der Waals surface area (Å²) in [5.74, 6) is 1.66. The first-order valence-corrected chi connectivity index (χ1v) is 5.43. The number of aromatic nitrogens is 2. The van der Waals surface area contributed by atoms with Crippen molar-refractivity contribution >= 4 is 0 Å². The molecule has 1 fully saturated rings. The van der Waals surface area contributed by atoms with Crippen LogP contribution >= 0.6 is 0 Å². The van der Waals surface area contributed by atoms with Crippen molar-refractivity contribution in [1.29, 1.82) is 0 Å². The van der Waals surface area contributed by atoms with Crippen LogP contribution in [0.2, 0.25) is 0 Å². The molecule has 1 heterocycles. The second kappa shape index (κ2) is 4.72. The SMILES string of the molecule is Cc1nc(CNCC2CCCC2O)no1. The fourth-order valence-electron chi connectivity index (χ4n) is 2.04. The van der Waals surface area contributed by atoms with E-state index in [0.29, 0.717) is 24.2 Å². The van der Waals surface area contributed by atoms with Gasteiger partial charge in [0.05, 0.1) is 12.6 Å². The normalized spacial score (nSPS) is 26.0. The van der Waals surface area contributed by atoms with E-state index in [1.54, 1.807) is 6.92 Å². The van der Waals surface area contributed by atoms with E-state index in [1.165, 1.54) is 0 Å². The van der Waals surface area contributed by atoms with Gasteiger partial charge in [-0.05, 0) is 18.8 Å². The summed E-state index contributed by atoms with van der Waals surface area (Å²) in [4.78, 5) is 4.09. The Balaban J connectivity index is 1.70. The van der Waals surface area contributed by atoms with Gasteiger partial charge in [-0.1, -0.05) is 11.6 Å². The summed E-state index contributed by atoms with van der Waals surface area (Å²) in [7, 11) is 0. The summed E-state index contributed by atoms with van der Waals surface area (Å²) in [6.07, 6.45) is 3.05. The lowest BCUT2D eigenvalue weighted by Crippen LogP contribution is -2.27. The minimum Gasteiger partial charge on any atom is -0.393 e. The topological polar surface area (TPSA) is 71.2 Å². The van der Waals surface area contributed by atoms with Gasteiger partial charge in [-0.3, -0.25) is 0 Å². The molecular weight excluding hydrogens is 194 g/mol. The van der Waals surface area contributed by atoms with Crippen molar-refractivity contribution in [3.05, 3.63) is 11.7 Å². The summed E-state index contributed by atoms with van der Waals surface area (Å²) >= 11 is 0. The van der Waals surface area contributed by atoms with Crippen molar-refractivity contribution in [2.24, 2.45) is 5.92 Å². The number of aliphatic hydroxyl groups is 1. The van der Waals surface area contributed by atoms with E-state index in [1.807, 2.05) is 0 Å². The highest BCUT2D eigenvalue weighted by Crippen LogP contribution is 2.24. The molecule has 2 atom stereocenters. The molecule has 1 aliphatic carbocycles. The van der Waals surface area contributed by atoms with E-state index in [4.69, 9.17) is 4.52 Å². The number of nitrogens with one attached hydrogen (secondary N) is 1. The maximum absolute atomic E-state index is 9.60. The van der Waals surface area contributed by atoms with Crippen LogP contribution in [-0.4, -0.2) is 27.9 Å². The van der Waals surface area contributed by atoms with Crippen LogP contribution in [0.3, 0.4) is 0 Å². The lowest BCUT2D eigenvalue weighted by molar-refractivity contribution is 0.131. The first kappa shape index (κ1) is 10.6. The summed E-state index contributed by atoms with van der Waals surface area (Å²) in [6.45, 7) is 3.21. The molecule has 84 valence electrons. The van der Waals surface area contributed by atoms with Gasteiger partial charge in [0.1, 0.15) is 0 Å². The molecule has 2 rings (SSSR count). The van der Waals surface area contributed by atoms with Crippen molar-refractivity contribution in [2.75, 3.05) is 6.54 Å². The van der Waals surface area contributed by atoms with Crippen LogP contribution in [0.25, 0.3) is 0 Å². The molecule has 0 aliphatic heterocycles. The maximum Gasteiger partial charge on any atom is 0.223 e. The van der Waals surface area contributed by atoms with Crippen LogP contribution < -0.4 is 5.32 Å². The molecule has 0 amide bonds. The van der Waals surface area contributed by atoms with Crippen molar-refractivity contribution < 1.29 is 9.63 Å².